The summed E-state index contributed by atoms with van der Waals surface area (Å²) in [6, 6.07) is 3.76. The van der Waals surface area contributed by atoms with Crippen molar-refractivity contribution in [3.8, 4) is 11.5 Å². The lowest BCUT2D eigenvalue weighted by Crippen LogP contribution is -2.42. The molecule has 1 heterocycles. The molecule has 0 aromatic heterocycles. The van der Waals surface area contributed by atoms with Crippen LogP contribution >= 0.6 is 11.6 Å². The highest BCUT2D eigenvalue weighted by Crippen LogP contribution is 2.35. The van der Waals surface area contributed by atoms with Gasteiger partial charge in [-0.15, -0.1) is 0 Å². The molecule has 0 aliphatic carbocycles. The van der Waals surface area contributed by atoms with Crippen molar-refractivity contribution in [3.63, 3.8) is 0 Å². The van der Waals surface area contributed by atoms with Crippen molar-refractivity contribution in [1.29, 1.82) is 0 Å². The highest BCUT2D eigenvalue weighted by molar-refractivity contribution is 6.32. The molecule has 1 aliphatic rings. The lowest BCUT2D eigenvalue weighted by molar-refractivity contribution is -0.118. The molecule has 1 fully saturated rings. The van der Waals surface area contributed by atoms with E-state index in [0.717, 1.165) is 19.4 Å². The van der Waals surface area contributed by atoms with E-state index in [0.29, 0.717) is 34.8 Å². The van der Waals surface area contributed by atoms with Gasteiger partial charge in [0.2, 0.25) is 5.91 Å². The Hall–Kier alpha value is -1.46. The fraction of sp³-hybridized carbons (Fsp3) is 0.562. The second-order valence-corrected chi connectivity index (χ2v) is 5.96. The number of amides is 1. The van der Waals surface area contributed by atoms with Crippen LogP contribution in [0.2, 0.25) is 5.02 Å². The summed E-state index contributed by atoms with van der Waals surface area (Å²) in [5.74, 6) is 0.982. The molecule has 0 bridgehead atoms. The maximum Gasteiger partial charge on any atom is 0.238 e. The van der Waals surface area contributed by atoms with Gasteiger partial charge in [0, 0.05) is 12.1 Å². The third kappa shape index (κ3) is 4.05. The maximum atomic E-state index is 12.3. The molecule has 1 atom stereocenters. The quantitative estimate of drug-likeness (QED) is 0.903. The minimum Gasteiger partial charge on any atom is -0.495 e. The van der Waals surface area contributed by atoms with E-state index in [1.165, 1.54) is 13.5 Å². The zero-order valence-corrected chi connectivity index (χ0v) is 14.1. The number of anilines is 1. The summed E-state index contributed by atoms with van der Waals surface area (Å²) in [7, 11) is 3.09. The predicted octanol–water partition coefficient (Wildman–Crippen LogP) is 3.17. The number of nitrogens with zero attached hydrogens (tertiary/aromatic N) is 1. The third-order valence-corrected chi connectivity index (χ3v) is 4.33. The number of carbonyl (C=O) groups excluding carboxylic acids is 1. The average Bonchev–Trinajstić information content (AvgIpc) is 2.50. The number of hydrogen-bond acceptors (Lipinski definition) is 4. The van der Waals surface area contributed by atoms with E-state index in [1.807, 2.05) is 0 Å². The maximum absolute atomic E-state index is 12.3. The van der Waals surface area contributed by atoms with Crippen LogP contribution in [0.4, 0.5) is 5.69 Å². The second kappa shape index (κ2) is 7.70. The Bertz CT molecular complexity index is 536. The van der Waals surface area contributed by atoms with Crippen LogP contribution in [-0.4, -0.2) is 44.2 Å². The summed E-state index contributed by atoms with van der Waals surface area (Å²) in [5.41, 5.74) is 0.558. The zero-order valence-electron chi connectivity index (χ0n) is 13.3. The van der Waals surface area contributed by atoms with Crippen molar-refractivity contribution in [2.45, 2.75) is 32.2 Å². The molecule has 0 spiro atoms. The summed E-state index contributed by atoms with van der Waals surface area (Å²) >= 11 is 6.11. The normalized spacial score (nSPS) is 18.8. The van der Waals surface area contributed by atoms with Gasteiger partial charge in [-0.3, -0.25) is 9.69 Å². The zero-order chi connectivity index (χ0) is 16.1. The van der Waals surface area contributed by atoms with Crippen molar-refractivity contribution in [2.75, 3.05) is 32.6 Å². The van der Waals surface area contributed by atoms with Crippen molar-refractivity contribution >= 4 is 23.2 Å². The van der Waals surface area contributed by atoms with Crippen LogP contribution in [0.15, 0.2) is 12.1 Å². The van der Waals surface area contributed by atoms with Crippen molar-refractivity contribution in [3.05, 3.63) is 17.2 Å². The van der Waals surface area contributed by atoms with Gasteiger partial charge in [-0.2, -0.15) is 0 Å². The summed E-state index contributed by atoms with van der Waals surface area (Å²) in [4.78, 5) is 14.5. The summed E-state index contributed by atoms with van der Waals surface area (Å²) in [5, 5.41) is 3.31. The minimum absolute atomic E-state index is 0.0618. The first-order chi connectivity index (χ1) is 10.5. The number of likely N-dealkylation sites (tertiary alicyclic amines) is 1. The number of methoxy groups -OCH3 is 2. The Morgan fingerprint density at radius 3 is 2.68 bits per heavy atom. The van der Waals surface area contributed by atoms with E-state index < -0.39 is 0 Å². The fourth-order valence-electron chi connectivity index (χ4n) is 2.72. The van der Waals surface area contributed by atoms with Gasteiger partial charge >= 0.3 is 0 Å². The van der Waals surface area contributed by atoms with Crippen molar-refractivity contribution in [2.24, 2.45) is 0 Å². The van der Waals surface area contributed by atoms with Gasteiger partial charge in [-0.1, -0.05) is 18.0 Å². The SMILES string of the molecule is COc1cc(OC)c(NC(=O)CN2CCCCC2C)cc1Cl. The minimum atomic E-state index is -0.0618. The smallest absolute Gasteiger partial charge is 0.238 e. The van der Waals surface area contributed by atoms with Crippen molar-refractivity contribution in [1.82, 2.24) is 4.90 Å². The van der Waals surface area contributed by atoms with Gasteiger partial charge in [0.15, 0.2) is 0 Å². The second-order valence-electron chi connectivity index (χ2n) is 5.55. The van der Waals surface area contributed by atoms with Gasteiger partial charge in [0.05, 0.1) is 31.5 Å². The van der Waals surface area contributed by atoms with Gasteiger partial charge < -0.3 is 14.8 Å². The molecular weight excluding hydrogens is 304 g/mol. The molecule has 5 nitrogen and oxygen atoms in total. The van der Waals surface area contributed by atoms with E-state index in [2.05, 4.69) is 17.1 Å². The lowest BCUT2D eigenvalue weighted by Gasteiger charge is -2.32. The Kier molecular flexibility index (Phi) is 5.91. The van der Waals surface area contributed by atoms with Crippen LogP contribution in [-0.2, 0) is 4.79 Å². The molecular formula is C16H23ClN2O3. The summed E-state index contributed by atoms with van der Waals surface area (Å²) in [6.07, 6.45) is 3.53. The first-order valence-electron chi connectivity index (χ1n) is 7.50. The average molecular weight is 327 g/mol. The number of halogens is 1. The number of benzene rings is 1. The molecule has 0 radical (unpaired) electrons. The van der Waals surface area contributed by atoms with Gasteiger partial charge in [-0.05, 0) is 32.4 Å². The monoisotopic (exact) mass is 326 g/mol. The summed E-state index contributed by atoms with van der Waals surface area (Å²) in [6.45, 7) is 3.51. The van der Waals surface area contributed by atoms with Gasteiger partial charge in [0.25, 0.3) is 0 Å². The van der Waals surface area contributed by atoms with E-state index in [1.54, 1.807) is 19.2 Å². The van der Waals surface area contributed by atoms with Crippen LogP contribution in [0.25, 0.3) is 0 Å². The molecule has 1 saturated heterocycles. The molecule has 1 unspecified atom stereocenters. The summed E-state index contributed by atoms with van der Waals surface area (Å²) < 4.78 is 10.4. The molecule has 1 amide bonds. The molecule has 1 aliphatic heterocycles. The third-order valence-electron chi connectivity index (χ3n) is 4.04. The Morgan fingerprint density at radius 2 is 2.05 bits per heavy atom. The molecule has 22 heavy (non-hydrogen) atoms. The number of nitrogens with one attached hydrogen (secondary N) is 1. The van der Waals surface area contributed by atoms with Crippen LogP contribution in [0.1, 0.15) is 26.2 Å². The number of piperidine rings is 1. The van der Waals surface area contributed by atoms with Crippen LogP contribution in [0, 0.1) is 0 Å². The van der Waals surface area contributed by atoms with E-state index >= 15 is 0 Å². The number of hydrogen-bond donors (Lipinski definition) is 1. The number of ether oxygens (including phenoxy) is 2. The Morgan fingerprint density at radius 1 is 1.32 bits per heavy atom. The molecule has 6 heteroatoms. The lowest BCUT2D eigenvalue weighted by atomic mass is 10.0. The largest absolute Gasteiger partial charge is 0.495 e. The van der Waals surface area contributed by atoms with E-state index in [-0.39, 0.29) is 5.91 Å². The number of carbonyl (C=O) groups is 1. The first kappa shape index (κ1) is 16.9. The first-order valence-corrected chi connectivity index (χ1v) is 7.88. The van der Waals surface area contributed by atoms with Gasteiger partial charge in [0.1, 0.15) is 11.5 Å². The Balaban J connectivity index is 2.06. The van der Waals surface area contributed by atoms with Crippen LogP contribution < -0.4 is 14.8 Å². The molecule has 1 aromatic carbocycles. The molecule has 1 N–H and O–H groups in total. The number of rotatable bonds is 5. The molecule has 2 rings (SSSR count). The Labute approximate surface area is 136 Å². The predicted molar refractivity (Wildman–Crippen MR) is 88.1 cm³/mol. The van der Waals surface area contributed by atoms with E-state index in [9.17, 15) is 4.79 Å². The molecule has 0 saturated carbocycles. The van der Waals surface area contributed by atoms with Gasteiger partial charge in [-0.25, -0.2) is 0 Å². The van der Waals surface area contributed by atoms with Crippen molar-refractivity contribution < 1.29 is 14.3 Å². The molecule has 1 aromatic rings. The highest BCUT2D eigenvalue weighted by atomic mass is 35.5. The highest BCUT2D eigenvalue weighted by Gasteiger charge is 2.21. The van der Waals surface area contributed by atoms with Crippen LogP contribution in [0.3, 0.4) is 0 Å². The van der Waals surface area contributed by atoms with E-state index in [4.69, 9.17) is 21.1 Å². The van der Waals surface area contributed by atoms with Crippen LogP contribution in [0.5, 0.6) is 11.5 Å². The molecule has 122 valence electrons. The standard InChI is InChI=1S/C16H23ClN2O3/c1-11-6-4-5-7-19(11)10-16(20)18-13-8-12(17)14(21-2)9-15(13)22-3/h8-9,11H,4-7,10H2,1-3H3,(H,18,20). The fourth-order valence-corrected chi connectivity index (χ4v) is 2.97. The topological polar surface area (TPSA) is 50.8 Å².